The number of carbonyl (C=O) groups excluding carboxylic acids is 1. The summed E-state index contributed by atoms with van der Waals surface area (Å²) in [5.74, 6) is -1.23. The first-order valence-electron chi connectivity index (χ1n) is 8.56. The van der Waals surface area contributed by atoms with E-state index in [1.807, 2.05) is 26.8 Å². The van der Waals surface area contributed by atoms with E-state index in [2.05, 4.69) is 0 Å². The highest BCUT2D eigenvalue weighted by Crippen LogP contribution is 2.51. The van der Waals surface area contributed by atoms with Crippen LogP contribution in [0.4, 0.5) is 0 Å². The summed E-state index contributed by atoms with van der Waals surface area (Å²) < 4.78 is 23.7. The molecule has 3 aliphatic rings. The average Bonchev–Trinajstić information content (AvgIpc) is 2.87. The van der Waals surface area contributed by atoms with E-state index in [9.17, 15) is 9.90 Å². The predicted molar refractivity (Wildman–Crippen MR) is 85.9 cm³/mol. The Balaban J connectivity index is 1.89. The number of rotatable bonds is 1. The second kappa shape index (κ2) is 5.53. The molecule has 3 rings (SSSR count). The molecule has 2 aliphatic heterocycles. The average molecular weight is 340 g/mol. The summed E-state index contributed by atoms with van der Waals surface area (Å²) >= 11 is 0. The molecule has 0 radical (unpaired) electrons. The minimum Gasteiger partial charge on any atom is -0.458 e. The Kier molecular flexibility index (Phi) is 4.11. The largest absolute Gasteiger partial charge is 0.458 e. The second-order valence-corrected chi connectivity index (χ2v) is 8.48. The molecule has 2 saturated heterocycles. The highest BCUT2D eigenvalue weighted by Gasteiger charge is 2.66. The standard InChI is InChI=1S/C18H28O6/c1-10-13-14(23-17(5,6)22-13)24-18(10)11(19)8-7-9-12(18)21-15(20)16(2,3)4/h7-8,10-14,19H,9H2,1-6H3/t10?,11-,12+,13?,14?,18?/m1/s1. The zero-order chi connectivity index (χ0) is 17.9. The maximum Gasteiger partial charge on any atom is 0.311 e. The van der Waals surface area contributed by atoms with Gasteiger partial charge >= 0.3 is 5.97 Å². The molecule has 4 unspecified atom stereocenters. The molecule has 6 heteroatoms. The monoisotopic (exact) mass is 340 g/mol. The lowest BCUT2D eigenvalue weighted by atomic mass is 9.74. The molecule has 2 fully saturated rings. The molecule has 0 aromatic carbocycles. The summed E-state index contributed by atoms with van der Waals surface area (Å²) in [5, 5.41) is 10.7. The number of hydrogen-bond acceptors (Lipinski definition) is 6. The third kappa shape index (κ3) is 2.69. The van der Waals surface area contributed by atoms with E-state index < -0.39 is 35.3 Å². The Hall–Kier alpha value is -0.950. The Morgan fingerprint density at radius 3 is 2.50 bits per heavy atom. The van der Waals surface area contributed by atoms with Gasteiger partial charge in [0.1, 0.15) is 23.9 Å². The first-order chi connectivity index (χ1) is 11.0. The van der Waals surface area contributed by atoms with E-state index >= 15 is 0 Å². The van der Waals surface area contributed by atoms with Crippen LogP contribution in [0, 0.1) is 11.3 Å². The van der Waals surface area contributed by atoms with Crippen molar-refractivity contribution in [1.29, 1.82) is 0 Å². The van der Waals surface area contributed by atoms with Crippen LogP contribution in [0.1, 0.15) is 48.0 Å². The lowest BCUT2D eigenvalue weighted by molar-refractivity contribution is -0.271. The van der Waals surface area contributed by atoms with Crippen molar-refractivity contribution in [3.63, 3.8) is 0 Å². The Labute approximate surface area is 143 Å². The highest BCUT2D eigenvalue weighted by molar-refractivity contribution is 5.75. The molecule has 0 aromatic rings. The lowest BCUT2D eigenvalue weighted by Gasteiger charge is -2.45. The maximum atomic E-state index is 12.4. The van der Waals surface area contributed by atoms with Gasteiger partial charge in [-0.05, 0) is 34.6 Å². The lowest BCUT2D eigenvalue weighted by Crippen LogP contribution is -2.59. The SMILES string of the molecule is CC1C2OC(C)(C)OC2OC12[C@H](O)C=CC[C@@H]2OC(=O)C(C)(C)C. The first-order valence-corrected chi connectivity index (χ1v) is 8.56. The highest BCUT2D eigenvalue weighted by atomic mass is 16.8. The van der Waals surface area contributed by atoms with E-state index in [0.29, 0.717) is 6.42 Å². The fourth-order valence-corrected chi connectivity index (χ4v) is 3.76. The van der Waals surface area contributed by atoms with Crippen LogP contribution in [0.25, 0.3) is 0 Å². The number of ether oxygens (including phenoxy) is 4. The summed E-state index contributed by atoms with van der Waals surface area (Å²) in [6.45, 7) is 11.0. The van der Waals surface area contributed by atoms with E-state index in [4.69, 9.17) is 18.9 Å². The zero-order valence-electron chi connectivity index (χ0n) is 15.2. The summed E-state index contributed by atoms with van der Waals surface area (Å²) in [5.41, 5.74) is -1.68. The summed E-state index contributed by atoms with van der Waals surface area (Å²) in [4.78, 5) is 12.4. The van der Waals surface area contributed by atoms with E-state index in [-0.39, 0.29) is 18.0 Å². The van der Waals surface area contributed by atoms with Gasteiger partial charge in [-0.3, -0.25) is 4.79 Å². The smallest absolute Gasteiger partial charge is 0.311 e. The van der Waals surface area contributed by atoms with Gasteiger partial charge in [0.25, 0.3) is 0 Å². The molecular weight excluding hydrogens is 312 g/mol. The van der Waals surface area contributed by atoms with Crippen molar-refractivity contribution in [1.82, 2.24) is 0 Å². The molecule has 0 bridgehead atoms. The van der Waals surface area contributed by atoms with Gasteiger partial charge in [0.05, 0.1) is 5.41 Å². The number of aliphatic hydroxyl groups is 1. The fourth-order valence-electron chi connectivity index (χ4n) is 3.76. The molecule has 6 nitrogen and oxygen atoms in total. The van der Waals surface area contributed by atoms with Crippen LogP contribution >= 0.6 is 0 Å². The Morgan fingerprint density at radius 2 is 1.92 bits per heavy atom. The van der Waals surface area contributed by atoms with E-state index in [1.54, 1.807) is 26.8 Å². The quantitative estimate of drug-likeness (QED) is 0.582. The van der Waals surface area contributed by atoms with E-state index in [0.717, 1.165) is 0 Å². The first kappa shape index (κ1) is 17.9. The molecule has 1 aliphatic carbocycles. The third-order valence-electron chi connectivity index (χ3n) is 5.11. The van der Waals surface area contributed by atoms with Crippen molar-refractivity contribution >= 4 is 5.97 Å². The van der Waals surface area contributed by atoms with Gasteiger partial charge in [-0.2, -0.15) is 0 Å². The van der Waals surface area contributed by atoms with Crippen molar-refractivity contribution in [2.24, 2.45) is 11.3 Å². The van der Waals surface area contributed by atoms with Gasteiger partial charge < -0.3 is 24.1 Å². The summed E-state index contributed by atoms with van der Waals surface area (Å²) in [7, 11) is 0. The molecule has 24 heavy (non-hydrogen) atoms. The molecule has 1 spiro atoms. The molecule has 1 N–H and O–H groups in total. The van der Waals surface area contributed by atoms with Crippen molar-refractivity contribution in [3.8, 4) is 0 Å². The topological polar surface area (TPSA) is 74.2 Å². The van der Waals surface area contributed by atoms with Crippen molar-refractivity contribution in [2.45, 2.75) is 84.0 Å². The van der Waals surface area contributed by atoms with Crippen LogP contribution in [-0.4, -0.2) is 47.1 Å². The van der Waals surface area contributed by atoms with Crippen molar-refractivity contribution in [3.05, 3.63) is 12.2 Å². The molecule has 2 heterocycles. The molecule has 0 saturated carbocycles. The third-order valence-corrected chi connectivity index (χ3v) is 5.11. The summed E-state index contributed by atoms with van der Waals surface area (Å²) in [6.07, 6.45) is 1.66. The Morgan fingerprint density at radius 1 is 1.25 bits per heavy atom. The maximum absolute atomic E-state index is 12.4. The van der Waals surface area contributed by atoms with Gasteiger partial charge in [-0.25, -0.2) is 0 Å². The normalized spacial score (nSPS) is 43.9. The van der Waals surface area contributed by atoms with Crippen molar-refractivity contribution < 1.29 is 28.8 Å². The summed E-state index contributed by atoms with van der Waals surface area (Å²) in [6, 6.07) is 0. The number of esters is 1. The number of hydrogen-bond donors (Lipinski definition) is 1. The van der Waals surface area contributed by atoms with Crippen molar-refractivity contribution in [2.75, 3.05) is 0 Å². The zero-order valence-corrected chi connectivity index (χ0v) is 15.2. The molecule has 0 aromatic heterocycles. The number of fused-ring (bicyclic) bond motifs is 1. The number of carbonyl (C=O) groups is 1. The van der Waals surface area contributed by atoms with Crippen LogP contribution in [0.3, 0.4) is 0 Å². The van der Waals surface area contributed by atoms with E-state index in [1.165, 1.54) is 0 Å². The predicted octanol–water partition coefficient (Wildman–Crippen LogP) is 2.15. The van der Waals surface area contributed by atoms with Gasteiger partial charge in [0.2, 0.25) is 0 Å². The van der Waals surface area contributed by atoms with Gasteiger partial charge in [-0.15, -0.1) is 0 Å². The molecule has 0 amide bonds. The molecular formula is C18H28O6. The number of aliphatic hydroxyl groups excluding tert-OH is 1. The second-order valence-electron chi connectivity index (χ2n) is 8.48. The van der Waals surface area contributed by atoms with Crippen LogP contribution < -0.4 is 0 Å². The van der Waals surface area contributed by atoms with Crippen LogP contribution in [-0.2, 0) is 23.7 Å². The van der Waals surface area contributed by atoms with Crippen LogP contribution in [0.15, 0.2) is 12.2 Å². The molecule has 6 atom stereocenters. The minimum atomic E-state index is -1.05. The van der Waals surface area contributed by atoms with Gasteiger partial charge in [0.15, 0.2) is 12.1 Å². The Bertz CT molecular complexity index is 548. The minimum absolute atomic E-state index is 0.193. The fraction of sp³-hybridized carbons (Fsp3) is 0.833. The van der Waals surface area contributed by atoms with Gasteiger partial charge in [-0.1, -0.05) is 19.1 Å². The van der Waals surface area contributed by atoms with Gasteiger partial charge in [0, 0.05) is 12.3 Å². The van der Waals surface area contributed by atoms with Crippen LogP contribution in [0.5, 0.6) is 0 Å². The van der Waals surface area contributed by atoms with Crippen LogP contribution in [0.2, 0.25) is 0 Å². The molecule has 136 valence electrons.